The number of benzene rings is 1. The number of morpholine rings is 1. The maximum atomic E-state index is 13.3. The first-order valence-corrected chi connectivity index (χ1v) is 22.4. The van der Waals surface area contributed by atoms with E-state index in [0.29, 0.717) is 44.5 Å². The Morgan fingerprint density at radius 1 is 0.962 bits per heavy atom. The summed E-state index contributed by atoms with van der Waals surface area (Å²) in [4.78, 5) is 43.9. The molecule has 1 aromatic carbocycles. The van der Waals surface area contributed by atoms with Crippen LogP contribution in [0.5, 0.6) is 0 Å². The number of alkyl carbamates (subject to hydrolysis) is 1. The van der Waals surface area contributed by atoms with Gasteiger partial charge < -0.3 is 34.3 Å². The Kier molecular flexibility index (Phi) is 12.1. The Bertz CT molecular complexity index is 1860. The van der Waals surface area contributed by atoms with Gasteiger partial charge in [0, 0.05) is 65.3 Å². The van der Waals surface area contributed by atoms with Crippen molar-refractivity contribution in [3.05, 3.63) is 66.2 Å². The van der Waals surface area contributed by atoms with Crippen LogP contribution in [0.15, 0.2) is 55.0 Å². The normalized spacial score (nSPS) is 16.2. The summed E-state index contributed by atoms with van der Waals surface area (Å²) in [7, 11) is -1.25. The summed E-state index contributed by atoms with van der Waals surface area (Å²) in [6, 6.07) is 14.9. The molecule has 0 bridgehead atoms. The summed E-state index contributed by atoms with van der Waals surface area (Å²) < 4.78 is 19.4. The van der Waals surface area contributed by atoms with E-state index in [1.54, 1.807) is 12.5 Å². The number of amides is 2. The van der Waals surface area contributed by atoms with Crippen molar-refractivity contribution >= 4 is 42.6 Å². The Labute approximate surface area is 313 Å². The van der Waals surface area contributed by atoms with E-state index in [9.17, 15) is 9.59 Å². The molecule has 0 aliphatic carbocycles. The molecular weight excluding hydrogens is 689 g/mol. The van der Waals surface area contributed by atoms with Gasteiger partial charge in [-0.3, -0.25) is 14.7 Å². The molecule has 4 aromatic rings. The molecule has 0 saturated carbocycles. The van der Waals surface area contributed by atoms with E-state index >= 15 is 0 Å². The van der Waals surface area contributed by atoms with Crippen LogP contribution < -0.4 is 15.5 Å². The second-order valence-electron chi connectivity index (χ2n) is 16.1. The van der Waals surface area contributed by atoms with Gasteiger partial charge in [0.1, 0.15) is 35.8 Å². The number of rotatable bonds is 12. The Hall–Kier alpha value is -4.37. The molecule has 0 atom stereocenters. The monoisotopic (exact) mass is 742 g/mol. The third-order valence-corrected chi connectivity index (χ3v) is 11.1. The number of hydrogen-bond donors (Lipinski definition) is 2. The highest BCUT2D eigenvalue weighted by Crippen LogP contribution is 2.33. The van der Waals surface area contributed by atoms with Gasteiger partial charge in [-0.05, 0) is 81.1 Å². The predicted molar refractivity (Wildman–Crippen MR) is 210 cm³/mol. The number of nitrogens with zero attached hydrogens (tertiary/aromatic N) is 6. The zero-order valence-corrected chi connectivity index (χ0v) is 33.0. The van der Waals surface area contributed by atoms with E-state index in [-0.39, 0.29) is 18.0 Å². The molecule has 0 unspecified atom stereocenters. The first-order chi connectivity index (χ1) is 25.3. The number of piperidine rings is 1. The molecule has 0 spiro atoms. The molecular formula is C39H54N8O5Si. The molecule has 2 saturated heterocycles. The Morgan fingerprint density at radius 2 is 1.70 bits per heavy atom. The number of fused-ring (bicyclic) bond motifs is 1. The molecule has 14 heteroatoms. The van der Waals surface area contributed by atoms with Gasteiger partial charge >= 0.3 is 6.09 Å². The lowest BCUT2D eigenvalue weighted by atomic mass is 10.0. The van der Waals surface area contributed by atoms with E-state index in [1.165, 1.54) is 0 Å². The van der Waals surface area contributed by atoms with Gasteiger partial charge in [-0.2, -0.15) is 0 Å². The lowest BCUT2D eigenvalue weighted by Crippen LogP contribution is -2.45. The van der Waals surface area contributed by atoms with Gasteiger partial charge in [0.05, 0.1) is 24.3 Å². The van der Waals surface area contributed by atoms with E-state index in [0.717, 1.165) is 78.7 Å². The van der Waals surface area contributed by atoms with Gasteiger partial charge in [-0.15, -0.1) is 0 Å². The standard InChI is InChI=1S/C39H54N8O5Si/c1-39(2,3)52-38(49)44-31-12-15-45(16-13-31)25-28-11-14-40-33(23-28)37(48)43-30-9-7-29(8-10-30)34-24-32-35(46-17-19-50-20-18-46)41-26-42-36(32)47(34)27-51-21-22-53(4,5)6/h7-11,14,23-24,26,31H,12-13,15-22,25,27H2,1-6H3,(H,43,48)(H,44,49). The average molecular weight is 743 g/mol. The number of anilines is 2. The average Bonchev–Trinajstić information content (AvgIpc) is 3.49. The number of likely N-dealkylation sites (tertiary alicyclic amines) is 1. The lowest BCUT2D eigenvalue weighted by Gasteiger charge is -2.32. The van der Waals surface area contributed by atoms with Crippen molar-refractivity contribution in [1.29, 1.82) is 0 Å². The van der Waals surface area contributed by atoms with E-state index in [2.05, 4.69) is 60.7 Å². The number of ether oxygens (including phenoxy) is 3. The van der Waals surface area contributed by atoms with Crippen molar-refractivity contribution < 1.29 is 23.8 Å². The summed E-state index contributed by atoms with van der Waals surface area (Å²) in [6.45, 7) is 19.0. The van der Waals surface area contributed by atoms with Crippen molar-refractivity contribution in [3.63, 3.8) is 0 Å². The molecule has 2 aliphatic rings. The number of aromatic nitrogens is 4. The first kappa shape index (κ1) is 38.4. The second kappa shape index (κ2) is 16.7. The molecule has 53 heavy (non-hydrogen) atoms. The SMILES string of the molecule is CC(C)(C)OC(=O)NC1CCN(Cc2ccnc(C(=O)Nc3ccc(-c4cc5c(N6CCOCC6)ncnc5n4COCC[Si](C)(C)C)cc3)c2)CC1. The van der Waals surface area contributed by atoms with Crippen LogP contribution in [-0.4, -0.2) is 102 Å². The highest BCUT2D eigenvalue weighted by Gasteiger charge is 2.25. The molecule has 5 heterocycles. The number of nitrogens with one attached hydrogen (secondary N) is 2. The largest absolute Gasteiger partial charge is 0.444 e. The maximum Gasteiger partial charge on any atom is 0.407 e. The quantitative estimate of drug-likeness (QED) is 0.124. The summed E-state index contributed by atoms with van der Waals surface area (Å²) in [5.41, 5.74) is 4.31. The van der Waals surface area contributed by atoms with Crippen LogP contribution >= 0.6 is 0 Å². The van der Waals surface area contributed by atoms with Crippen molar-refractivity contribution in [2.45, 2.75) is 84.2 Å². The summed E-state index contributed by atoms with van der Waals surface area (Å²) >= 11 is 0. The van der Waals surface area contributed by atoms with E-state index < -0.39 is 13.7 Å². The highest BCUT2D eigenvalue weighted by molar-refractivity contribution is 6.76. The molecule has 2 aliphatic heterocycles. The summed E-state index contributed by atoms with van der Waals surface area (Å²) in [5, 5.41) is 6.99. The minimum Gasteiger partial charge on any atom is -0.444 e. The fraction of sp³-hybridized carbons (Fsp3) is 0.513. The van der Waals surface area contributed by atoms with Gasteiger partial charge in [0.25, 0.3) is 5.91 Å². The van der Waals surface area contributed by atoms with Crippen molar-refractivity contribution in [1.82, 2.24) is 29.7 Å². The van der Waals surface area contributed by atoms with Gasteiger partial charge in [0.2, 0.25) is 0 Å². The van der Waals surface area contributed by atoms with E-state index in [4.69, 9.17) is 19.2 Å². The van der Waals surface area contributed by atoms with Crippen LogP contribution in [0.2, 0.25) is 25.7 Å². The number of carbonyl (C=O) groups excluding carboxylic acids is 2. The predicted octanol–water partition coefficient (Wildman–Crippen LogP) is 6.38. The molecule has 284 valence electrons. The molecule has 13 nitrogen and oxygen atoms in total. The van der Waals surface area contributed by atoms with Crippen molar-refractivity contribution in [2.75, 3.05) is 56.2 Å². The third kappa shape index (κ3) is 10.6. The summed E-state index contributed by atoms with van der Waals surface area (Å²) in [6.07, 6.45) is 4.61. The summed E-state index contributed by atoms with van der Waals surface area (Å²) in [5.74, 6) is 0.633. The molecule has 2 N–H and O–H groups in total. The Morgan fingerprint density at radius 3 is 2.40 bits per heavy atom. The number of pyridine rings is 1. The molecule has 6 rings (SSSR count). The van der Waals surface area contributed by atoms with Crippen molar-refractivity contribution in [2.24, 2.45) is 0 Å². The van der Waals surface area contributed by atoms with Gasteiger partial charge in [-0.1, -0.05) is 31.8 Å². The second-order valence-corrected chi connectivity index (χ2v) is 21.7. The van der Waals surface area contributed by atoms with Gasteiger partial charge in [0.15, 0.2) is 0 Å². The van der Waals surface area contributed by atoms with Crippen LogP contribution in [0.4, 0.5) is 16.3 Å². The van der Waals surface area contributed by atoms with Crippen LogP contribution in [0.25, 0.3) is 22.3 Å². The highest BCUT2D eigenvalue weighted by atomic mass is 28.3. The molecule has 3 aromatic heterocycles. The van der Waals surface area contributed by atoms with E-state index in [1.807, 2.05) is 57.2 Å². The smallest absolute Gasteiger partial charge is 0.407 e. The van der Waals surface area contributed by atoms with Crippen molar-refractivity contribution in [3.8, 4) is 11.3 Å². The fourth-order valence-corrected chi connectivity index (χ4v) is 7.32. The first-order valence-electron chi connectivity index (χ1n) is 18.6. The Balaban J connectivity index is 1.11. The molecule has 2 amide bonds. The fourth-order valence-electron chi connectivity index (χ4n) is 6.57. The minimum absolute atomic E-state index is 0.0870. The number of carbonyl (C=O) groups is 2. The number of hydrogen-bond acceptors (Lipinski definition) is 10. The molecule has 2 fully saturated rings. The van der Waals surface area contributed by atoms with Crippen LogP contribution in [0.1, 0.15) is 49.7 Å². The molecule has 0 radical (unpaired) electrons. The lowest BCUT2D eigenvalue weighted by molar-refractivity contribution is 0.0477. The topological polar surface area (TPSA) is 136 Å². The maximum absolute atomic E-state index is 13.3. The van der Waals surface area contributed by atoms with Gasteiger partial charge in [-0.25, -0.2) is 14.8 Å². The van der Waals surface area contributed by atoms with Crippen LogP contribution in [-0.2, 0) is 27.5 Å². The third-order valence-electron chi connectivity index (χ3n) is 9.41. The zero-order valence-electron chi connectivity index (χ0n) is 32.0. The zero-order chi connectivity index (χ0) is 37.6. The van der Waals surface area contributed by atoms with Crippen LogP contribution in [0.3, 0.4) is 0 Å². The van der Waals surface area contributed by atoms with Crippen LogP contribution in [0, 0.1) is 0 Å². The minimum atomic E-state index is -1.25.